The molecule has 6 heterocycles. The van der Waals surface area contributed by atoms with Gasteiger partial charge >= 0.3 is 0 Å². The van der Waals surface area contributed by atoms with Crippen LogP contribution in [0.5, 0.6) is 0 Å². The average molecular weight is 432 g/mol. The highest BCUT2D eigenvalue weighted by Gasteiger charge is 2.43. The number of carbonyl (C=O) groups is 1. The lowest BCUT2D eigenvalue weighted by Crippen LogP contribution is -2.48. The predicted octanol–water partition coefficient (Wildman–Crippen LogP) is 3.56. The van der Waals surface area contributed by atoms with Crippen LogP contribution in [0.4, 0.5) is 0 Å². The number of pyridine rings is 1. The standard InChI is InChI=1S/C23H21N5O2S/c29-22(18-15-28-9-2-1-3-20(28)26-18)27-10-5-23(6-11-27)21-16(4-12-30-23)13-19(31-21)17-14-24-7-8-25-17/h1-3,7-9,13-15H,4-6,10-12H2. The third-order valence-corrected chi connectivity index (χ3v) is 7.61. The maximum absolute atomic E-state index is 13.1. The highest BCUT2D eigenvalue weighted by atomic mass is 32.1. The van der Waals surface area contributed by atoms with Crippen molar-refractivity contribution in [3.63, 3.8) is 0 Å². The number of likely N-dealkylation sites (tertiary alicyclic amines) is 1. The number of rotatable bonds is 2. The van der Waals surface area contributed by atoms with Crippen LogP contribution in [0.1, 0.15) is 33.8 Å². The number of thiophene rings is 1. The van der Waals surface area contributed by atoms with E-state index in [4.69, 9.17) is 4.74 Å². The molecular weight excluding hydrogens is 410 g/mol. The van der Waals surface area contributed by atoms with Crippen LogP contribution >= 0.6 is 11.3 Å². The number of hydrogen-bond donors (Lipinski definition) is 0. The fraction of sp³-hybridized carbons (Fsp3) is 0.304. The maximum atomic E-state index is 13.1. The first-order chi connectivity index (χ1) is 15.2. The molecule has 0 radical (unpaired) electrons. The Labute approximate surface area is 183 Å². The molecule has 1 fully saturated rings. The van der Waals surface area contributed by atoms with Gasteiger partial charge in [0, 0.05) is 42.8 Å². The molecule has 0 N–H and O–H groups in total. The van der Waals surface area contributed by atoms with Gasteiger partial charge in [-0.05, 0) is 43.0 Å². The van der Waals surface area contributed by atoms with Crippen LogP contribution in [-0.4, -0.2) is 49.9 Å². The van der Waals surface area contributed by atoms with Gasteiger partial charge in [-0.2, -0.15) is 0 Å². The van der Waals surface area contributed by atoms with Crippen LogP contribution in [0.3, 0.4) is 0 Å². The van der Waals surface area contributed by atoms with E-state index in [2.05, 4.69) is 21.0 Å². The molecule has 1 amide bonds. The Bertz CT molecular complexity index is 1220. The van der Waals surface area contributed by atoms with Gasteiger partial charge in [0.15, 0.2) is 0 Å². The Balaban J connectivity index is 1.24. The molecule has 6 rings (SSSR count). The van der Waals surface area contributed by atoms with Crippen molar-refractivity contribution in [2.75, 3.05) is 19.7 Å². The van der Waals surface area contributed by atoms with Crippen LogP contribution in [-0.2, 0) is 16.8 Å². The van der Waals surface area contributed by atoms with Crippen LogP contribution in [0, 0.1) is 0 Å². The first-order valence-corrected chi connectivity index (χ1v) is 11.3. The van der Waals surface area contributed by atoms with E-state index < -0.39 is 0 Å². The van der Waals surface area contributed by atoms with Crippen LogP contribution < -0.4 is 0 Å². The van der Waals surface area contributed by atoms with E-state index in [1.54, 1.807) is 29.9 Å². The van der Waals surface area contributed by atoms with Crippen LogP contribution in [0.25, 0.3) is 16.2 Å². The SMILES string of the molecule is O=C(c1cn2ccccc2n1)N1CCC2(CC1)OCCc1cc(-c3cnccn3)sc12. The first-order valence-electron chi connectivity index (χ1n) is 10.5. The largest absolute Gasteiger partial charge is 0.369 e. The molecule has 4 aromatic heterocycles. The van der Waals surface area contributed by atoms with Gasteiger partial charge in [0.1, 0.15) is 16.9 Å². The normalized spacial score (nSPS) is 17.7. The maximum Gasteiger partial charge on any atom is 0.274 e. The zero-order chi connectivity index (χ0) is 20.8. The van der Waals surface area contributed by atoms with Crippen molar-refractivity contribution in [1.29, 1.82) is 0 Å². The van der Waals surface area contributed by atoms with Gasteiger partial charge < -0.3 is 14.0 Å². The van der Waals surface area contributed by atoms with Crippen LogP contribution in [0.15, 0.2) is 55.2 Å². The summed E-state index contributed by atoms with van der Waals surface area (Å²) in [6, 6.07) is 8.00. The summed E-state index contributed by atoms with van der Waals surface area (Å²) in [5.41, 5.74) is 3.21. The number of imidazole rings is 1. The summed E-state index contributed by atoms with van der Waals surface area (Å²) in [6.45, 7) is 2.03. The minimum absolute atomic E-state index is 0.0130. The molecule has 156 valence electrons. The Morgan fingerprint density at radius 2 is 2.10 bits per heavy atom. The molecular formula is C23H21N5O2S. The summed E-state index contributed by atoms with van der Waals surface area (Å²) in [6.07, 6.45) is 11.4. The third-order valence-electron chi connectivity index (χ3n) is 6.23. The van der Waals surface area contributed by atoms with Crippen molar-refractivity contribution in [2.24, 2.45) is 0 Å². The number of aromatic nitrogens is 4. The van der Waals surface area contributed by atoms with E-state index in [1.807, 2.05) is 39.9 Å². The van der Waals surface area contributed by atoms with Crippen LogP contribution in [0.2, 0.25) is 0 Å². The summed E-state index contributed by atoms with van der Waals surface area (Å²) < 4.78 is 8.26. The van der Waals surface area contributed by atoms with E-state index >= 15 is 0 Å². The minimum atomic E-state index is -0.311. The summed E-state index contributed by atoms with van der Waals surface area (Å²) in [7, 11) is 0. The quantitative estimate of drug-likeness (QED) is 0.485. The third kappa shape index (κ3) is 3.14. The molecule has 7 nitrogen and oxygen atoms in total. The van der Waals surface area contributed by atoms with Gasteiger partial charge in [-0.15, -0.1) is 11.3 Å². The highest BCUT2D eigenvalue weighted by Crippen LogP contribution is 2.47. The number of piperidine rings is 1. The van der Waals surface area contributed by atoms with Crippen molar-refractivity contribution >= 4 is 22.9 Å². The molecule has 0 saturated carbocycles. The summed E-state index contributed by atoms with van der Waals surface area (Å²) in [5.74, 6) is -0.0130. The second-order valence-electron chi connectivity index (χ2n) is 8.03. The number of carbonyl (C=O) groups excluding carboxylic acids is 1. The van der Waals surface area contributed by atoms with Gasteiger partial charge in [-0.25, -0.2) is 4.98 Å². The smallest absolute Gasteiger partial charge is 0.274 e. The Morgan fingerprint density at radius 1 is 1.19 bits per heavy atom. The fourth-order valence-corrected chi connectivity index (χ4v) is 5.99. The topological polar surface area (TPSA) is 72.6 Å². The van der Waals surface area contributed by atoms with E-state index in [1.165, 1.54) is 10.4 Å². The van der Waals surface area contributed by atoms with Gasteiger partial charge in [-0.3, -0.25) is 14.8 Å². The van der Waals surface area contributed by atoms with E-state index in [9.17, 15) is 4.79 Å². The van der Waals surface area contributed by atoms with E-state index in [0.717, 1.165) is 35.5 Å². The second kappa shape index (κ2) is 7.25. The lowest BCUT2D eigenvalue weighted by molar-refractivity contribution is -0.0906. The predicted molar refractivity (Wildman–Crippen MR) is 117 cm³/mol. The molecule has 8 heteroatoms. The lowest BCUT2D eigenvalue weighted by Gasteiger charge is -2.43. The molecule has 0 aromatic carbocycles. The summed E-state index contributed by atoms with van der Waals surface area (Å²) in [5, 5.41) is 0. The van der Waals surface area contributed by atoms with Gasteiger partial charge in [0.25, 0.3) is 5.91 Å². The molecule has 31 heavy (non-hydrogen) atoms. The van der Waals surface area contributed by atoms with Crippen molar-refractivity contribution < 1.29 is 9.53 Å². The molecule has 1 saturated heterocycles. The van der Waals surface area contributed by atoms with Gasteiger partial charge in [0.05, 0.1) is 23.4 Å². The molecule has 0 unspecified atom stereocenters. The Kier molecular flexibility index (Phi) is 4.36. The summed E-state index contributed by atoms with van der Waals surface area (Å²) >= 11 is 1.76. The first kappa shape index (κ1) is 18.7. The summed E-state index contributed by atoms with van der Waals surface area (Å²) in [4.78, 5) is 30.6. The van der Waals surface area contributed by atoms with Crippen molar-refractivity contribution in [3.05, 3.63) is 71.4 Å². The Morgan fingerprint density at radius 3 is 2.90 bits per heavy atom. The molecule has 0 atom stereocenters. The zero-order valence-corrected chi connectivity index (χ0v) is 17.7. The fourth-order valence-electron chi connectivity index (χ4n) is 4.62. The highest BCUT2D eigenvalue weighted by molar-refractivity contribution is 7.15. The van der Waals surface area contributed by atoms with Crippen molar-refractivity contribution in [2.45, 2.75) is 24.9 Å². The van der Waals surface area contributed by atoms with E-state index in [-0.39, 0.29) is 11.5 Å². The molecule has 4 aromatic rings. The molecule has 2 aliphatic rings. The molecule has 0 aliphatic carbocycles. The Hall–Kier alpha value is -3.10. The van der Waals surface area contributed by atoms with Gasteiger partial charge in [0.2, 0.25) is 0 Å². The molecule has 2 aliphatic heterocycles. The minimum Gasteiger partial charge on any atom is -0.369 e. The number of fused-ring (bicyclic) bond motifs is 3. The second-order valence-corrected chi connectivity index (χ2v) is 9.09. The number of ether oxygens (including phenoxy) is 1. The monoisotopic (exact) mass is 431 g/mol. The van der Waals surface area contributed by atoms with Gasteiger partial charge in [-0.1, -0.05) is 6.07 Å². The number of nitrogens with zero attached hydrogens (tertiary/aromatic N) is 5. The molecule has 1 spiro atoms. The molecule has 0 bridgehead atoms. The number of hydrogen-bond acceptors (Lipinski definition) is 6. The van der Waals surface area contributed by atoms with Crippen molar-refractivity contribution in [1.82, 2.24) is 24.3 Å². The van der Waals surface area contributed by atoms with Crippen molar-refractivity contribution in [3.8, 4) is 10.6 Å². The van der Waals surface area contributed by atoms with E-state index in [0.29, 0.717) is 25.4 Å². The zero-order valence-electron chi connectivity index (χ0n) is 16.9. The lowest BCUT2D eigenvalue weighted by atomic mass is 9.85. The average Bonchev–Trinajstić information content (AvgIpc) is 3.45. The number of amides is 1.